The van der Waals surface area contributed by atoms with E-state index in [-0.39, 0.29) is 11.8 Å². The van der Waals surface area contributed by atoms with Crippen molar-refractivity contribution in [3.05, 3.63) is 133 Å². The van der Waals surface area contributed by atoms with Gasteiger partial charge in [-0.3, -0.25) is 14.6 Å². The third-order valence-corrected chi connectivity index (χ3v) is 5.72. The Morgan fingerprint density at radius 2 is 1.82 bits per heavy atom. The minimum atomic E-state index is -0.550. The lowest BCUT2D eigenvalue weighted by atomic mass is 9.86. The lowest BCUT2D eigenvalue weighted by Gasteiger charge is -2.20. The van der Waals surface area contributed by atoms with Gasteiger partial charge in [0.05, 0.1) is 5.71 Å². The molecule has 3 N–H and O–H groups in total. The Kier molecular flexibility index (Phi) is 7.89. The summed E-state index contributed by atoms with van der Waals surface area (Å²) in [5.41, 5.74) is 11.7. The van der Waals surface area contributed by atoms with Crippen molar-refractivity contribution in [2.45, 2.75) is 0 Å². The molecule has 0 unspecified atom stereocenters. The van der Waals surface area contributed by atoms with Gasteiger partial charge >= 0.3 is 0 Å². The van der Waals surface area contributed by atoms with E-state index in [9.17, 15) is 9.59 Å². The van der Waals surface area contributed by atoms with E-state index in [0.717, 1.165) is 33.6 Å². The van der Waals surface area contributed by atoms with Gasteiger partial charge in [0, 0.05) is 41.7 Å². The van der Waals surface area contributed by atoms with Crippen molar-refractivity contribution >= 4 is 34.4 Å². The first-order valence-electron chi connectivity index (χ1n) is 11.7. The fraction of sp³-hybridized carbons (Fsp3) is 0.0323. The molecule has 2 aromatic carbocycles. The molecule has 1 heterocycles. The normalized spacial score (nSPS) is 14.9. The molecule has 0 aliphatic heterocycles. The first-order valence-corrected chi connectivity index (χ1v) is 11.7. The van der Waals surface area contributed by atoms with Crippen LogP contribution in [0, 0.1) is 0 Å². The number of pyridine rings is 1. The molecule has 1 aromatic heterocycles. The number of aliphatic imine (C=N–C) groups is 1. The Morgan fingerprint density at radius 3 is 2.50 bits per heavy atom. The van der Waals surface area contributed by atoms with Crippen LogP contribution in [0.25, 0.3) is 11.1 Å². The first kappa shape index (κ1) is 25.8. The Balaban J connectivity index is 1.68. The fourth-order valence-corrected chi connectivity index (χ4v) is 3.96. The number of carbonyl (C=O) groups excluding carboxylic acids is 2. The number of allylic oxidation sites excluding steroid dienone is 7. The van der Waals surface area contributed by atoms with Gasteiger partial charge in [0.25, 0.3) is 0 Å². The van der Waals surface area contributed by atoms with Crippen molar-refractivity contribution in [2.24, 2.45) is 10.7 Å². The summed E-state index contributed by atoms with van der Waals surface area (Å²) in [4.78, 5) is 31.9. The number of rotatable bonds is 8. The van der Waals surface area contributed by atoms with E-state index in [4.69, 9.17) is 10.5 Å². The van der Waals surface area contributed by atoms with Crippen LogP contribution >= 0.6 is 0 Å². The highest BCUT2D eigenvalue weighted by Gasteiger charge is 2.19. The molecule has 2 amide bonds. The number of hydrogen-bond donors (Lipinski definition) is 2. The zero-order valence-electron chi connectivity index (χ0n) is 20.8. The molecular formula is C31H26N4O3. The topological polar surface area (TPSA) is 107 Å². The second-order valence-electron chi connectivity index (χ2n) is 8.24. The van der Waals surface area contributed by atoms with E-state index in [1.54, 1.807) is 13.1 Å². The molecule has 1 aliphatic carbocycles. The average Bonchev–Trinajstić information content (AvgIpc) is 2.93. The summed E-state index contributed by atoms with van der Waals surface area (Å²) in [6, 6.07) is 18.1. The highest BCUT2D eigenvalue weighted by atomic mass is 16.5. The van der Waals surface area contributed by atoms with Gasteiger partial charge in [-0.05, 0) is 65.3 Å². The molecule has 3 aromatic rings. The minimum absolute atomic E-state index is 0.275. The third kappa shape index (κ3) is 5.91. The van der Waals surface area contributed by atoms with Crippen LogP contribution in [-0.2, 0) is 4.79 Å². The molecule has 188 valence electrons. The molecule has 0 saturated heterocycles. The Morgan fingerprint density at radius 1 is 1.03 bits per heavy atom. The monoisotopic (exact) mass is 502 g/mol. The van der Waals surface area contributed by atoms with E-state index in [1.165, 1.54) is 24.4 Å². The maximum absolute atomic E-state index is 11.8. The van der Waals surface area contributed by atoms with Crippen molar-refractivity contribution < 1.29 is 14.3 Å². The molecule has 1 aliphatic rings. The third-order valence-electron chi connectivity index (χ3n) is 5.72. The van der Waals surface area contributed by atoms with E-state index in [2.05, 4.69) is 34.5 Å². The van der Waals surface area contributed by atoms with Crippen molar-refractivity contribution in [3.8, 4) is 11.6 Å². The number of nitrogens with two attached hydrogens (primary N) is 1. The molecule has 0 radical (unpaired) electrons. The van der Waals surface area contributed by atoms with Gasteiger partial charge in [0.15, 0.2) is 0 Å². The maximum atomic E-state index is 11.8. The minimum Gasteiger partial charge on any atom is -0.439 e. The van der Waals surface area contributed by atoms with Crippen molar-refractivity contribution in [3.63, 3.8) is 0 Å². The number of amides is 2. The maximum Gasteiger partial charge on any atom is 0.248 e. The fourth-order valence-electron chi connectivity index (χ4n) is 3.96. The summed E-state index contributed by atoms with van der Waals surface area (Å²) in [7, 11) is 1.75. The van der Waals surface area contributed by atoms with Gasteiger partial charge in [-0.2, -0.15) is 0 Å². The predicted octanol–water partition coefficient (Wildman–Crippen LogP) is 5.76. The Labute approximate surface area is 221 Å². The van der Waals surface area contributed by atoms with E-state index < -0.39 is 5.91 Å². The standard InChI is InChI=1S/C31H26N4O3/c1-4-7-22-16-24(18-27(30(22)33-3)21-8-6-9-25(17-21)35-28(36)5-2)20-10-12-26(13-11-20)38-29-19-23(31(32)37)14-15-34-29/h4-19H,1-2H2,3H3,(H2,32,37)(H,35,36)/b22-7-,33-30?. The highest BCUT2D eigenvalue weighted by Crippen LogP contribution is 2.34. The quantitative estimate of drug-likeness (QED) is 0.382. The number of carbonyl (C=O) groups is 2. The van der Waals surface area contributed by atoms with Gasteiger partial charge < -0.3 is 15.8 Å². The van der Waals surface area contributed by atoms with Gasteiger partial charge in [-0.25, -0.2) is 4.98 Å². The lowest BCUT2D eigenvalue weighted by molar-refractivity contribution is -0.111. The number of ether oxygens (including phenoxy) is 1. The molecule has 0 saturated carbocycles. The molecule has 7 heteroatoms. The number of aromatic nitrogens is 1. The average molecular weight is 503 g/mol. The number of primary amides is 1. The molecule has 0 spiro atoms. The Bertz CT molecular complexity index is 1540. The van der Waals surface area contributed by atoms with Gasteiger partial charge in [-0.15, -0.1) is 0 Å². The van der Waals surface area contributed by atoms with Crippen LogP contribution in [0.2, 0.25) is 0 Å². The van der Waals surface area contributed by atoms with Crippen molar-refractivity contribution in [1.82, 2.24) is 4.98 Å². The summed E-state index contributed by atoms with van der Waals surface area (Å²) in [6.45, 7) is 7.37. The summed E-state index contributed by atoms with van der Waals surface area (Å²) in [5, 5.41) is 2.80. The van der Waals surface area contributed by atoms with Crippen LogP contribution < -0.4 is 15.8 Å². The smallest absolute Gasteiger partial charge is 0.248 e. The van der Waals surface area contributed by atoms with E-state index in [1.807, 2.05) is 60.7 Å². The van der Waals surface area contributed by atoms with Crippen LogP contribution in [0.15, 0.2) is 121 Å². The van der Waals surface area contributed by atoms with E-state index in [0.29, 0.717) is 17.0 Å². The predicted molar refractivity (Wildman–Crippen MR) is 152 cm³/mol. The van der Waals surface area contributed by atoms with Crippen LogP contribution in [0.4, 0.5) is 5.69 Å². The van der Waals surface area contributed by atoms with Crippen LogP contribution in [0.3, 0.4) is 0 Å². The number of nitrogens with one attached hydrogen (secondary N) is 1. The van der Waals surface area contributed by atoms with Gasteiger partial charge in [0.2, 0.25) is 17.7 Å². The van der Waals surface area contributed by atoms with Crippen molar-refractivity contribution in [1.29, 1.82) is 0 Å². The second-order valence-corrected chi connectivity index (χ2v) is 8.24. The zero-order valence-corrected chi connectivity index (χ0v) is 20.8. The molecule has 0 atom stereocenters. The first-order chi connectivity index (χ1) is 18.4. The number of benzene rings is 2. The highest BCUT2D eigenvalue weighted by molar-refractivity contribution is 6.36. The Hall–Kier alpha value is -5.30. The lowest BCUT2D eigenvalue weighted by Crippen LogP contribution is -2.11. The van der Waals surface area contributed by atoms with Crippen LogP contribution in [-0.4, -0.2) is 29.6 Å². The molecule has 0 fully saturated rings. The molecule has 7 nitrogen and oxygen atoms in total. The van der Waals surface area contributed by atoms with Crippen LogP contribution in [0.1, 0.15) is 21.5 Å². The molecule has 38 heavy (non-hydrogen) atoms. The zero-order chi connectivity index (χ0) is 27.1. The number of nitrogens with zero attached hydrogens (tertiary/aromatic N) is 2. The summed E-state index contributed by atoms with van der Waals surface area (Å²) >= 11 is 0. The molecule has 4 rings (SSSR count). The van der Waals surface area contributed by atoms with Gasteiger partial charge in [-0.1, -0.05) is 49.6 Å². The van der Waals surface area contributed by atoms with Gasteiger partial charge in [0.1, 0.15) is 5.75 Å². The summed E-state index contributed by atoms with van der Waals surface area (Å²) in [6.07, 6.45) is 10.4. The second kappa shape index (κ2) is 11.6. The number of hydrogen-bond acceptors (Lipinski definition) is 5. The number of anilines is 1. The largest absolute Gasteiger partial charge is 0.439 e. The van der Waals surface area contributed by atoms with Crippen molar-refractivity contribution in [2.75, 3.05) is 12.4 Å². The summed E-state index contributed by atoms with van der Waals surface area (Å²) in [5.74, 6) is 0.00520. The molecule has 0 bridgehead atoms. The van der Waals surface area contributed by atoms with E-state index >= 15 is 0 Å². The molecular weight excluding hydrogens is 476 g/mol. The summed E-state index contributed by atoms with van der Waals surface area (Å²) < 4.78 is 5.81. The SMILES string of the molecule is C=C/C=C1/C=C(c2ccc(Oc3cc(C(N)=O)ccn3)cc2)C=C(c2cccc(NC(=O)C=C)c2)C1=NC. The van der Waals surface area contributed by atoms with Crippen LogP contribution in [0.5, 0.6) is 11.6 Å².